The SMILES string of the molecule is COc1ccc2cc(C3SCC(=O)N3c3ccc(F)c(Cl)c3)c(Cl)nc2c1. The summed E-state index contributed by atoms with van der Waals surface area (Å²) < 4.78 is 18.7. The second kappa shape index (κ2) is 7.19. The van der Waals surface area contributed by atoms with Crippen molar-refractivity contribution in [3.63, 3.8) is 0 Å². The molecule has 1 aromatic heterocycles. The topological polar surface area (TPSA) is 42.4 Å². The fourth-order valence-electron chi connectivity index (χ4n) is 3.01. The number of benzene rings is 2. The third kappa shape index (κ3) is 3.33. The Labute approximate surface area is 169 Å². The van der Waals surface area contributed by atoms with E-state index in [4.69, 9.17) is 27.9 Å². The maximum atomic E-state index is 13.5. The summed E-state index contributed by atoms with van der Waals surface area (Å²) in [6, 6.07) is 11.7. The van der Waals surface area contributed by atoms with Crippen LogP contribution in [0.15, 0.2) is 42.5 Å². The number of halogens is 3. The highest BCUT2D eigenvalue weighted by atomic mass is 35.5. The van der Waals surface area contributed by atoms with Crippen LogP contribution in [0.5, 0.6) is 5.75 Å². The molecule has 0 N–H and O–H groups in total. The van der Waals surface area contributed by atoms with Crippen molar-refractivity contribution in [1.29, 1.82) is 0 Å². The molecule has 1 amide bonds. The lowest BCUT2D eigenvalue weighted by Crippen LogP contribution is -2.28. The van der Waals surface area contributed by atoms with E-state index in [1.807, 2.05) is 18.2 Å². The third-order valence-corrected chi connectivity index (χ3v) is 6.11. The number of rotatable bonds is 3. The van der Waals surface area contributed by atoms with Gasteiger partial charge in [0.05, 0.1) is 23.4 Å². The predicted octanol–water partition coefficient (Wildman–Crippen LogP) is 5.47. The highest BCUT2D eigenvalue weighted by Crippen LogP contribution is 2.45. The summed E-state index contributed by atoms with van der Waals surface area (Å²) in [6.45, 7) is 0. The summed E-state index contributed by atoms with van der Waals surface area (Å²) >= 11 is 13.8. The number of methoxy groups -OCH3 is 1. The van der Waals surface area contributed by atoms with E-state index in [-0.39, 0.29) is 22.1 Å². The molecule has 1 saturated heterocycles. The molecule has 1 fully saturated rings. The standard InChI is InChI=1S/C19H13Cl2FN2O2S/c1-26-12-4-2-10-6-13(18(21)23-16(10)8-12)19-24(17(25)9-27-19)11-3-5-15(22)14(20)7-11/h2-8,19H,9H2,1H3. The Kier molecular flexibility index (Phi) is 4.88. The van der Waals surface area contributed by atoms with Crippen LogP contribution in [-0.4, -0.2) is 23.8 Å². The average Bonchev–Trinajstić information content (AvgIpc) is 3.04. The molecule has 4 nitrogen and oxygen atoms in total. The summed E-state index contributed by atoms with van der Waals surface area (Å²) in [7, 11) is 1.59. The van der Waals surface area contributed by atoms with Gasteiger partial charge in [0, 0.05) is 22.7 Å². The molecule has 0 bridgehead atoms. The maximum Gasteiger partial charge on any atom is 0.238 e. The van der Waals surface area contributed by atoms with Crippen molar-refractivity contribution in [3.8, 4) is 5.75 Å². The summed E-state index contributed by atoms with van der Waals surface area (Å²) in [5.41, 5.74) is 1.94. The number of ether oxygens (including phenoxy) is 1. The molecule has 2 aromatic carbocycles. The number of thioether (sulfide) groups is 1. The molecule has 0 saturated carbocycles. The van der Waals surface area contributed by atoms with Gasteiger partial charge in [-0.2, -0.15) is 0 Å². The van der Waals surface area contributed by atoms with E-state index in [0.29, 0.717) is 27.7 Å². The molecule has 4 rings (SSSR count). The van der Waals surface area contributed by atoms with E-state index in [1.165, 1.54) is 30.0 Å². The molecule has 0 spiro atoms. The molecule has 1 atom stereocenters. The van der Waals surface area contributed by atoms with Crippen LogP contribution in [0.3, 0.4) is 0 Å². The Morgan fingerprint density at radius 1 is 1.22 bits per heavy atom. The quantitative estimate of drug-likeness (QED) is 0.524. The van der Waals surface area contributed by atoms with E-state index in [9.17, 15) is 9.18 Å². The normalized spacial score (nSPS) is 17.0. The van der Waals surface area contributed by atoms with Crippen molar-refractivity contribution in [2.45, 2.75) is 5.37 Å². The lowest BCUT2D eigenvalue weighted by atomic mass is 10.1. The van der Waals surface area contributed by atoms with Crippen molar-refractivity contribution in [2.24, 2.45) is 0 Å². The Balaban J connectivity index is 1.79. The minimum Gasteiger partial charge on any atom is -0.497 e. The van der Waals surface area contributed by atoms with Gasteiger partial charge in [0.2, 0.25) is 5.91 Å². The number of aromatic nitrogens is 1. The van der Waals surface area contributed by atoms with Gasteiger partial charge in [0.25, 0.3) is 0 Å². The predicted molar refractivity (Wildman–Crippen MR) is 107 cm³/mol. The Morgan fingerprint density at radius 3 is 2.78 bits per heavy atom. The first-order valence-corrected chi connectivity index (χ1v) is 9.81. The van der Waals surface area contributed by atoms with Gasteiger partial charge >= 0.3 is 0 Å². The molecule has 138 valence electrons. The number of nitrogens with zero attached hydrogens (tertiary/aromatic N) is 2. The van der Waals surface area contributed by atoms with Crippen LogP contribution in [0.25, 0.3) is 10.9 Å². The fraction of sp³-hybridized carbons (Fsp3) is 0.158. The van der Waals surface area contributed by atoms with Crippen LogP contribution in [0.2, 0.25) is 10.2 Å². The van der Waals surface area contributed by atoms with E-state index in [2.05, 4.69) is 4.98 Å². The number of carbonyl (C=O) groups is 1. The molecule has 1 aliphatic heterocycles. The molecule has 2 heterocycles. The smallest absolute Gasteiger partial charge is 0.238 e. The third-order valence-electron chi connectivity index (χ3n) is 4.32. The van der Waals surface area contributed by atoms with E-state index in [1.54, 1.807) is 18.1 Å². The Bertz CT molecular complexity index is 1060. The molecular weight excluding hydrogens is 410 g/mol. The number of fused-ring (bicyclic) bond motifs is 1. The van der Waals surface area contributed by atoms with Gasteiger partial charge < -0.3 is 4.74 Å². The number of hydrogen-bond donors (Lipinski definition) is 0. The molecule has 8 heteroatoms. The van der Waals surface area contributed by atoms with Crippen LogP contribution < -0.4 is 9.64 Å². The lowest BCUT2D eigenvalue weighted by molar-refractivity contribution is -0.115. The van der Waals surface area contributed by atoms with Crippen molar-refractivity contribution >= 4 is 57.5 Å². The lowest BCUT2D eigenvalue weighted by Gasteiger charge is -2.25. The summed E-state index contributed by atoms with van der Waals surface area (Å²) in [5, 5.41) is 0.782. The van der Waals surface area contributed by atoms with E-state index < -0.39 is 5.82 Å². The van der Waals surface area contributed by atoms with Gasteiger partial charge in [-0.1, -0.05) is 23.2 Å². The average molecular weight is 423 g/mol. The van der Waals surface area contributed by atoms with Crippen molar-refractivity contribution in [2.75, 3.05) is 17.8 Å². The molecule has 1 aliphatic rings. The van der Waals surface area contributed by atoms with Gasteiger partial charge in [-0.05, 0) is 36.4 Å². The zero-order valence-corrected chi connectivity index (χ0v) is 16.4. The highest BCUT2D eigenvalue weighted by Gasteiger charge is 2.36. The summed E-state index contributed by atoms with van der Waals surface area (Å²) in [6.07, 6.45) is 0. The van der Waals surface area contributed by atoms with Crippen LogP contribution in [0, 0.1) is 5.82 Å². The number of pyridine rings is 1. The van der Waals surface area contributed by atoms with E-state index >= 15 is 0 Å². The minimum atomic E-state index is -0.532. The van der Waals surface area contributed by atoms with Crippen LogP contribution in [-0.2, 0) is 4.79 Å². The number of hydrogen-bond acceptors (Lipinski definition) is 4. The van der Waals surface area contributed by atoms with Crippen LogP contribution >= 0.6 is 35.0 Å². The second-order valence-electron chi connectivity index (χ2n) is 5.95. The maximum absolute atomic E-state index is 13.5. The zero-order valence-electron chi connectivity index (χ0n) is 14.1. The highest BCUT2D eigenvalue weighted by molar-refractivity contribution is 8.00. The minimum absolute atomic E-state index is 0.0363. The molecule has 27 heavy (non-hydrogen) atoms. The summed E-state index contributed by atoms with van der Waals surface area (Å²) in [5.74, 6) is 0.345. The zero-order chi connectivity index (χ0) is 19.1. The Hall–Kier alpha value is -2.02. The Morgan fingerprint density at radius 2 is 2.04 bits per heavy atom. The van der Waals surface area contributed by atoms with Crippen LogP contribution in [0.1, 0.15) is 10.9 Å². The van der Waals surface area contributed by atoms with Gasteiger partial charge in [0.15, 0.2) is 0 Å². The monoisotopic (exact) mass is 422 g/mol. The molecule has 0 aliphatic carbocycles. The number of amides is 1. The summed E-state index contributed by atoms with van der Waals surface area (Å²) in [4.78, 5) is 18.5. The largest absolute Gasteiger partial charge is 0.497 e. The first-order chi connectivity index (χ1) is 13.0. The number of anilines is 1. The number of carbonyl (C=O) groups excluding carboxylic acids is 1. The first-order valence-electron chi connectivity index (χ1n) is 8.01. The van der Waals surface area contributed by atoms with Crippen molar-refractivity contribution < 1.29 is 13.9 Å². The molecule has 3 aromatic rings. The second-order valence-corrected chi connectivity index (χ2v) is 7.79. The van der Waals surface area contributed by atoms with E-state index in [0.717, 1.165) is 5.39 Å². The fourth-order valence-corrected chi connectivity index (χ4v) is 4.68. The van der Waals surface area contributed by atoms with Gasteiger partial charge in [-0.15, -0.1) is 11.8 Å². The molecule has 0 radical (unpaired) electrons. The first kappa shape index (κ1) is 18.3. The molecule has 1 unspecified atom stereocenters. The van der Waals surface area contributed by atoms with Gasteiger partial charge in [0.1, 0.15) is 22.1 Å². The van der Waals surface area contributed by atoms with Crippen molar-refractivity contribution in [3.05, 3.63) is 64.0 Å². The molecular formula is C19H13Cl2FN2O2S. The van der Waals surface area contributed by atoms with Gasteiger partial charge in [-0.25, -0.2) is 9.37 Å². The van der Waals surface area contributed by atoms with Crippen molar-refractivity contribution in [1.82, 2.24) is 4.98 Å². The van der Waals surface area contributed by atoms with Crippen LogP contribution in [0.4, 0.5) is 10.1 Å². The van der Waals surface area contributed by atoms with Gasteiger partial charge in [-0.3, -0.25) is 9.69 Å².